The van der Waals surface area contributed by atoms with Gasteiger partial charge < -0.3 is 0 Å². The molecular formula is C37H58. The van der Waals surface area contributed by atoms with E-state index in [2.05, 4.69) is 62.4 Å². The minimum Gasteiger partial charge on any atom is -0.0882 e. The zero-order valence-electron chi connectivity index (χ0n) is 24.5. The Hall–Kier alpha value is -1.30. The van der Waals surface area contributed by atoms with Gasteiger partial charge in [-0.1, -0.05) is 101 Å². The second kappa shape index (κ2) is 16.0. The molecule has 0 amide bonds. The summed E-state index contributed by atoms with van der Waals surface area (Å²) in [6.45, 7) is 4.63. The highest BCUT2D eigenvalue weighted by atomic mass is 14.3. The van der Waals surface area contributed by atoms with Crippen molar-refractivity contribution in [3.8, 4) is 0 Å². The minimum absolute atomic E-state index is 0.650. The summed E-state index contributed by atoms with van der Waals surface area (Å²) in [6.07, 6.45) is 37.0. The van der Waals surface area contributed by atoms with Crippen LogP contribution in [-0.4, -0.2) is 0 Å². The third-order valence-electron chi connectivity index (χ3n) is 10.3. The van der Waals surface area contributed by atoms with Gasteiger partial charge in [-0.3, -0.25) is 0 Å². The van der Waals surface area contributed by atoms with Crippen LogP contribution in [0.2, 0.25) is 0 Å². The molecular weight excluding hydrogens is 444 g/mol. The highest BCUT2D eigenvalue weighted by molar-refractivity contribution is 5.31. The fourth-order valence-corrected chi connectivity index (χ4v) is 7.63. The highest BCUT2D eigenvalue weighted by Crippen LogP contribution is 2.39. The summed E-state index contributed by atoms with van der Waals surface area (Å²) in [5, 5.41) is 0. The molecule has 0 nitrogen and oxygen atoms in total. The van der Waals surface area contributed by atoms with Crippen LogP contribution >= 0.6 is 0 Å². The summed E-state index contributed by atoms with van der Waals surface area (Å²) in [4.78, 5) is 0. The van der Waals surface area contributed by atoms with Crippen molar-refractivity contribution in [3.63, 3.8) is 0 Å². The van der Waals surface area contributed by atoms with E-state index in [-0.39, 0.29) is 0 Å². The van der Waals surface area contributed by atoms with Crippen LogP contribution in [0.15, 0.2) is 48.6 Å². The topological polar surface area (TPSA) is 0 Å². The van der Waals surface area contributed by atoms with Crippen molar-refractivity contribution in [3.05, 3.63) is 59.7 Å². The number of hydrogen-bond donors (Lipinski definition) is 0. The molecule has 1 aromatic carbocycles. The van der Waals surface area contributed by atoms with Crippen molar-refractivity contribution < 1.29 is 0 Å². The quantitative estimate of drug-likeness (QED) is 0.186. The molecule has 3 aliphatic carbocycles. The van der Waals surface area contributed by atoms with Gasteiger partial charge in [0.05, 0.1) is 0 Å². The van der Waals surface area contributed by atoms with E-state index in [1.165, 1.54) is 122 Å². The predicted octanol–water partition coefficient (Wildman–Crippen LogP) is 11.9. The maximum atomic E-state index is 2.60. The molecule has 0 heterocycles. The number of unbranched alkanes of at least 4 members (excludes halogenated alkanes) is 3. The van der Waals surface area contributed by atoms with Crippen LogP contribution in [0.25, 0.3) is 0 Å². The Morgan fingerprint density at radius 3 is 1.97 bits per heavy atom. The molecule has 1 aromatic rings. The Morgan fingerprint density at radius 2 is 1.30 bits per heavy atom. The lowest BCUT2D eigenvalue weighted by Crippen LogP contribution is -2.14. The molecule has 0 aromatic heterocycles. The summed E-state index contributed by atoms with van der Waals surface area (Å²) in [6, 6.07) is 9.84. The number of allylic oxidation sites excluding steroid dienone is 4. The molecule has 37 heavy (non-hydrogen) atoms. The Morgan fingerprint density at radius 1 is 0.622 bits per heavy atom. The maximum Gasteiger partial charge on any atom is 0.00182 e. The van der Waals surface area contributed by atoms with Gasteiger partial charge in [0, 0.05) is 5.92 Å². The van der Waals surface area contributed by atoms with Gasteiger partial charge in [-0.25, -0.2) is 0 Å². The predicted molar refractivity (Wildman–Crippen MR) is 163 cm³/mol. The van der Waals surface area contributed by atoms with E-state index in [0.717, 1.165) is 29.6 Å². The third kappa shape index (κ3) is 9.44. The molecule has 2 atom stereocenters. The van der Waals surface area contributed by atoms with Crippen molar-refractivity contribution in [2.75, 3.05) is 0 Å². The molecule has 0 N–H and O–H groups in total. The monoisotopic (exact) mass is 502 g/mol. The van der Waals surface area contributed by atoms with Crippen molar-refractivity contribution >= 4 is 0 Å². The van der Waals surface area contributed by atoms with Crippen LogP contribution in [0.5, 0.6) is 0 Å². The van der Waals surface area contributed by atoms with E-state index in [4.69, 9.17) is 0 Å². The van der Waals surface area contributed by atoms with Crippen LogP contribution in [0.4, 0.5) is 0 Å². The van der Waals surface area contributed by atoms with Crippen molar-refractivity contribution in [1.29, 1.82) is 0 Å². The Balaban J connectivity index is 1.11. The fourth-order valence-electron chi connectivity index (χ4n) is 7.63. The third-order valence-corrected chi connectivity index (χ3v) is 10.3. The normalized spacial score (nSPS) is 30.6. The van der Waals surface area contributed by atoms with Gasteiger partial charge in [0.2, 0.25) is 0 Å². The lowest BCUT2D eigenvalue weighted by molar-refractivity contribution is 0.288. The molecule has 0 saturated heterocycles. The molecule has 0 spiro atoms. The molecule has 4 rings (SSSR count). The molecule has 0 bridgehead atoms. The first kappa shape index (κ1) is 28.7. The zero-order valence-corrected chi connectivity index (χ0v) is 24.5. The van der Waals surface area contributed by atoms with Gasteiger partial charge >= 0.3 is 0 Å². The fraction of sp³-hybridized carbons (Fsp3) is 0.730. The molecule has 2 fully saturated rings. The van der Waals surface area contributed by atoms with Gasteiger partial charge in [0.1, 0.15) is 0 Å². The second-order valence-corrected chi connectivity index (χ2v) is 13.1. The van der Waals surface area contributed by atoms with Crippen molar-refractivity contribution in [2.45, 2.75) is 148 Å². The Bertz CT molecular complexity index is 782. The summed E-state index contributed by atoms with van der Waals surface area (Å²) in [7, 11) is 0. The molecule has 0 heteroatoms. The van der Waals surface area contributed by atoms with Gasteiger partial charge in [0.15, 0.2) is 0 Å². The lowest BCUT2D eigenvalue weighted by atomic mass is 9.76. The van der Waals surface area contributed by atoms with Crippen molar-refractivity contribution in [2.24, 2.45) is 23.7 Å². The Labute approximate surface area is 230 Å². The van der Waals surface area contributed by atoms with E-state index in [0.29, 0.717) is 5.92 Å². The number of benzene rings is 1. The Kier molecular flexibility index (Phi) is 12.4. The van der Waals surface area contributed by atoms with Crippen molar-refractivity contribution in [1.82, 2.24) is 0 Å². The first-order chi connectivity index (χ1) is 18.2. The molecule has 0 aliphatic heterocycles. The highest BCUT2D eigenvalue weighted by Gasteiger charge is 2.23. The maximum absolute atomic E-state index is 2.60. The van der Waals surface area contributed by atoms with Crippen LogP contribution in [0.3, 0.4) is 0 Å². The van der Waals surface area contributed by atoms with E-state index in [9.17, 15) is 0 Å². The van der Waals surface area contributed by atoms with Crippen LogP contribution in [0.1, 0.15) is 159 Å². The average Bonchev–Trinajstić information content (AvgIpc) is 2.96. The van der Waals surface area contributed by atoms with Crippen LogP contribution in [0, 0.1) is 23.7 Å². The molecule has 3 aliphatic rings. The first-order valence-corrected chi connectivity index (χ1v) is 16.7. The number of rotatable bonds is 13. The molecule has 0 radical (unpaired) electrons. The van der Waals surface area contributed by atoms with Gasteiger partial charge in [-0.15, -0.1) is 0 Å². The standard InChI is InChI=1S/C37H58/c1-3-5-7-11-31-14-16-32(17-15-31)12-8-9-13-33-20-24-35(25-21-33)37-28-26-36(27-29-37)34-22-18-30(19-23-34)10-6-4-2/h8,12,18,22,26-35H,3-7,9-11,13-17,19-21,23-25H2,1-2H3. The lowest BCUT2D eigenvalue weighted by Gasteiger charge is -2.29. The smallest absolute Gasteiger partial charge is 0.00182 e. The van der Waals surface area contributed by atoms with E-state index >= 15 is 0 Å². The minimum atomic E-state index is 0.650. The summed E-state index contributed by atoms with van der Waals surface area (Å²) in [5.41, 5.74) is 3.15. The van der Waals surface area contributed by atoms with Crippen LogP contribution in [-0.2, 0) is 0 Å². The van der Waals surface area contributed by atoms with Gasteiger partial charge in [-0.2, -0.15) is 0 Å². The zero-order chi connectivity index (χ0) is 25.7. The summed E-state index contributed by atoms with van der Waals surface area (Å²) < 4.78 is 0. The second-order valence-electron chi connectivity index (χ2n) is 13.1. The van der Waals surface area contributed by atoms with E-state index in [1.54, 1.807) is 11.1 Å². The SMILES string of the molecule is CCCCCC1CCC(C=CCCC2CCC(c3ccc(C4C=CC(CCCC)CC4)cc3)CC2)CC1. The van der Waals surface area contributed by atoms with Gasteiger partial charge in [0.25, 0.3) is 0 Å². The molecule has 2 saturated carbocycles. The first-order valence-electron chi connectivity index (χ1n) is 16.7. The van der Waals surface area contributed by atoms with E-state index < -0.39 is 0 Å². The molecule has 206 valence electrons. The summed E-state index contributed by atoms with van der Waals surface area (Å²) in [5.74, 6) is 5.16. The van der Waals surface area contributed by atoms with E-state index in [1.807, 2.05) is 0 Å². The number of hydrogen-bond acceptors (Lipinski definition) is 0. The van der Waals surface area contributed by atoms with Crippen LogP contribution < -0.4 is 0 Å². The average molecular weight is 503 g/mol. The summed E-state index contributed by atoms with van der Waals surface area (Å²) >= 11 is 0. The largest absolute Gasteiger partial charge is 0.0882 e. The van der Waals surface area contributed by atoms with Gasteiger partial charge in [-0.05, 0) is 124 Å². The molecule has 2 unspecified atom stereocenters.